The van der Waals surface area contributed by atoms with E-state index in [-0.39, 0.29) is 0 Å². The lowest BCUT2D eigenvalue weighted by atomic mass is 10.0. The third-order valence-corrected chi connectivity index (χ3v) is 4.31. The van der Waals surface area contributed by atoms with Crippen LogP contribution in [0.15, 0.2) is 24.5 Å². The summed E-state index contributed by atoms with van der Waals surface area (Å²) >= 11 is 0. The Morgan fingerprint density at radius 2 is 1.74 bits per heavy atom. The summed E-state index contributed by atoms with van der Waals surface area (Å²) in [4.78, 5) is 18.0. The van der Waals surface area contributed by atoms with Crippen LogP contribution in [0.3, 0.4) is 0 Å². The highest BCUT2D eigenvalue weighted by molar-refractivity contribution is 5.71. The van der Waals surface area contributed by atoms with Crippen LogP contribution in [-0.4, -0.2) is 53.1 Å². The molecule has 2 unspecified atom stereocenters. The van der Waals surface area contributed by atoms with Crippen LogP contribution in [0, 0.1) is 11.8 Å². The Labute approximate surface area is 112 Å². The van der Waals surface area contributed by atoms with Gasteiger partial charge in [-0.15, -0.1) is 0 Å². The zero-order valence-corrected chi connectivity index (χ0v) is 11.0. The molecule has 4 heterocycles. The van der Waals surface area contributed by atoms with E-state index in [9.17, 15) is 0 Å². The summed E-state index contributed by atoms with van der Waals surface area (Å²) in [5.41, 5.74) is 1.61. The van der Waals surface area contributed by atoms with Crippen molar-refractivity contribution in [3.05, 3.63) is 24.5 Å². The van der Waals surface area contributed by atoms with Crippen LogP contribution in [0.25, 0.3) is 11.2 Å². The van der Waals surface area contributed by atoms with E-state index in [0.29, 0.717) is 0 Å². The first kappa shape index (κ1) is 11.1. The third-order valence-electron chi connectivity index (χ3n) is 4.31. The lowest BCUT2D eigenvalue weighted by Gasteiger charge is -2.20. The lowest BCUT2D eigenvalue weighted by Crippen LogP contribution is -2.27. The van der Waals surface area contributed by atoms with Gasteiger partial charge in [0.25, 0.3) is 0 Å². The highest BCUT2D eigenvalue weighted by Gasteiger charge is 2.39. The fourth-order valence-electron chi connectivity index (χ4n) is 3.44. The van der Waals surface area contributed by atoms with Crippen LogP contribution < -0.4 is 4.90 Å². The quantitative estimate of drug-likeness (QED) is 0.761. The first-order valence-corrected chi connectivity index (χ1v) is 6.81. The third kappa shape index (κ3) is 1.85. The van der Waals surface area contributed by atoms with Crippen LogP contribution >= 0.6 is 0 Å². The smallest absolute Gasteiger partial charge is 0.180 e. The lowest BCUT2D eigenvalue weighted by molar-refractivity contribution is 0.387. The molecule has 2 aliphatic heterocycles. The van der Waals surface area contributed by atoms with Gasteiger partial charge in [-0.25, -0.2) is 9.97 Å². The zero-order valence-electron chi connectivity index (χ0n) is 11.0. The van der Waals surface area contributed by atoms with E-state index >= 15 is 0 Å². The Morgan fingerprint density at radius 1 is 1.00 bits per heavy atom. The number of aromatic nitrogens is 3. The summed E-state index contributed by atoms with van der Waals surface area (Å²) < 4.78 is 0. The molecule has 5 heteroatoms. The minimum Gasteiger partial charge on any atom is -0.356 e. The Morgan fingerprint density at radius 3 is 2.53 bits per heavy atom. The molecule has 0 amide bonds. The van der Waals surface area contributed by atoms with E-state index in [4.69, 9.17) is 0 Å². The van der Waals surface area contributed by atoms with E-state index in [1.165, 1.54) is 13.1 Å². The molecule has 0 spiro atoms. The molecule has 0 aromatic carbocycles. The molecule has 19 heavy (non-hydrogen) atoms. The van der Waals surface area contributed by atoms with Gasteiger partial charge in [0.05, 0.1) is 0 Å². The minimum atomic E-state index is 0.745. The Balaban J connectivity index is 1.62. The maximum Gasteiger partial charge on any atom is 0.180 e. The Bertz CT molecular complexity index is 600. The fourth-order valence-corrected chi connectivity index (χ4v) is 3.44. The molecule has 2 aromatic heterocycles. The van der Waals surface area contributed by atoms with Crippen LogP contribution in [-0.2, 0) is 0 Å². The number of rotatable bonds is 1. The molecule has 0 bridgehead atoms. The fraction of sp³-hybridized carbons (Fsp3) is 0.500. The van der Waals surface area contributed by atoms with Crippen LogP contribution in [0.2, 0.25) is 0 Å². The molecule has 2 atom stereocenters. The summed E-state index contributed by atoms with van der Waals surface area (Å²) in [5, 5.41) is 0. The molecule has 0 radical (unpaired) electrons. The van der Waals surface area contributed by atoms with E-state index < -0.39 is 0 Å². The average molecular weight is 255 g/mol. The summed E-state index contributed by atoms with van der Waals surface area (Å²) in [7, 11) is 2.21. The van der Waals surface area contributed by atoms with Gasteiger partial charge in [-0.1, -0.05) is 0 Å². The van der Waals surface area contributed by atoms with Crippen LogP contribution in [0.1, 0.15) is 0 Å². The second-order valence-electron chi connectivity index (χ2n) is 5.71. The van der Waals surface area contributed by atoms with Gasteiger partial charge in [0.1, 0.15) is 11.3 Å². The van der Waals surface area contributed by atoms with Gasteiger partial charge < -0.3 is 9.80 Å². The predicted octanol–water partition coefficient (Wildman–Crippen LogP) is 1.02. The molecule has 5 nitrogen and oxygen atoms in total. The van der Waals surface area contributed by atoms with Crippen LogP contribution in [0.5, 0.6) is 0 Å². The van der Waals surface area contributed by atoms with Crippen molar-refractivity contribution in [3.63, 3.8) is 0 Å². The molecule has 0 aliphatic carbocycles. The second-order valence-corrected chi connectivity index (χ2v) is 5.71. The highest BCUT2D eigenvalue weighted by Crippen LogP contribution is 2.32. The van der Waals surface area contributed by atoms with Gasteiger partial charge in [0.15, 0.2) is 5.65 Å². The number of likely N-dealkylation sites (tertiary alicyclic amines) is 1. The van der Waals surface area contributed by atoms with Crippen molar-refractivity contribution in [2.75, 3.05) is 38.1 Å². The number of hydrogen-bond donors (Lipinski definition) is 0. The maximum absolute atomic E-state index is 4.64. The van der Waals surface area contributed by atoms with Gasteiger partial charge >= 0.3 is 0 Å². The SMILES string of the molecule is CN1CC2CN(c3ccc4nccnc4n3)CC2C1. The van der Waals surface area contributed by atoms with Crippen molar-refractivity contribution in [2.24, 2.45) is 11.8 Å². The van der Waals surface area contributed by atoms with E-state index in [2.05, 4.69) is 37.9 Å². The number of anilines is 1. The summed E-state index contributed by atoms with van der Waals surface area (Å²) in [5.74, 6) is 2.64. The molecule has 2 aromatic rings. The van der Waals surface area contributed by atoms with Crippen molar-refractivity contribution in [2.45, 2.75) is 0 Å². The van der Waals surface area contributed by atoms with Crippen molar-refractivity contribution >= 4 is 17.0 Å². The molecule has 2 saturated heterocycles. The topological polar surface area (TPSA) is 45.2 Å². The summed E-state index contributed by atoms with van der Waals surface area (Å²) in [6, 6.07) is 4.09. The largest absolute Gasteiger partial charge is 0.356 e. The van der Waals surface area contributed by atoms with Crippen molar-refractivity contribution in [1.29, 1.82) is 0 Å². The molecular weight excluding hydrogens is 238 g/mol. The molecule has 0 N–H and O–H groups in total. The second kappa shape index (κ2) is 4.13. The summed E-state index contributed by atoms with van der Waals surface area (Å²) in [6.45, 7) is 4.67. The number of pyridine rings is 1. The molecule has 0 saturated carbocycles. The van der Waals surface area contributed by atoms with E-state index in [1.807, 2.05) is 6.07 Å². The average Bonchev–Trinajstić information content (AvgIpc) is 2.95. The monoisotopic (exact) mass is 255 g/mol. The molecule has 4 rings (SSSR count). The predicted molar refractivity (Wildman–Crippen MR) is 74.0 cm³/mol. The highest BCUT2D eigenvalue weighted by atomic mass is 15.3. The molecular formula is C14H17N5. The maximum atomic E-state index is 4.64. The van der Waals surface area contributed by atoms with Crippen molar-refractivity contribution in [3.8, 4) is 0 Å². The number of hydrogen-bond acceptors (Lipinski definition) is 5. The van der Waals surface area contributed by atoms with Gasteiger partial charge in [-0.05, 0) is 31.0 Å². The Hall–Kier alpha value is -1.75. The standard InChI is InChI=1S/C14H17N5/c1-18-6-10-8-19(9-11(10)7-18)13-3-2-12-14(17-13)16-5-4-15-12/h2-5,10-11H,6-9H2,1H3. The van der Waals surface area contributed by atoms with Crippen LogP contribution in [0.4, 0.5) is 5.82 Å². The zero-order chi connectivity index (χ0) is 12.8. The van der Waals surface area contributed by atoms with Crippen molar-refractivity contribution in [1.82, 2.24) is 19.9 Å². The molecule has 2 aliphatic rings. The van der Waals surface area contributed by atoms with Gasteiger partial charge in [-0.3, -0.25) is 4.98 Å². The van der Waals surface area contributed by atoms with E-state index in [0.717, 1.165) is 41.9 Å². The normalized spacial score (nSPS) is 27.1. The van der Waals surface area contributed by atoms with Gasteiger partial charge in [0, 0.05) is 38.6 Å². The molecule has 98 valence electrons. The first-order chi connectivity index (χ1) is 9.29. The van der Waals surface area contributed by atoms with E-state index in [1.54, 1.807) is 12.4 Å². The van der Waals surface area contributed by atoms with Gasteiger partial charge in [0.2, 0.25) is 0 Å². The summed E-state index contributed by atoms with van der Waals surface area (Å²) in [6.07, 6.45) is 3.41. The van der Waals surface area contributed by atoms with Gasteiger partial charge in [-0.2, -0.15) is 0 Å². The Kier molecular flexibility index (Phi) is 2.41. The van der Waals surface area contributed by atoms with Crippen molar-refractivity contribution < 1.29 is 0 Å². The minimum absolute atomic E-state index is 0.745. The number of nitrogens with zero attached hydrogens (tertiary/aromatic N) is 5. The first-order valence-electron chi connectivity index (χ1n) is 6.81. The number of fused-ring (bicyclic) bond motifs is 2. The molecule has 2 fully saturated rings.